The van der Waals surface area contributed by atoms with Gasteiger partial charge in [0, 0.05) is 38.8 Å². The molecule has 2 N–H and O–H groups in total. The molecular formula is C20H27ClN4O5. The lowest BCUT2D eigenvalue weighted by Crippen LogP contribution is -2.61. The van der Waals surface area contributed by atoms with Crippen LogP contribution in [0.4, 0.5) is 11.4 Å². The van der Waals surface area contributed by atoms with E-state index < -0.39 is 5.60 Å². The van der Waals surface area contributed by atoms with Gasteiger partial charge in [0.1, 0.15) is 0 Å². The number of nitrogens with one attached hydrogen (secondary N) is 2. The monoisotopic (exact) mass is 438 g/mol. The summed E-state index contributed by atoms with van der Waals surface area (Å²) in [6, 6.07) is 4.87. The molecule has 0 bridgehead atoms. The van der Waals surface area contributed by atoms with Crippen LogP contribution < -0.4 is 10.6 Å². The van der Waals surface area contributed by atoms with Gasteiger partial charge in [0.2, 0.25) is 11.8 Å². The number of hydrogen-bond donors (Lipinski definition) is 2. The molecule has 0 saturated carbocycles. The number of benzene rings is 1. The Kier molecular flexibility index (Phi) is 7.30. The van der Waals surface area contributed by atoms with Gasteiger partial charge in [0.15, 0.2) is 5.60 Å². The van der Waals surface area contributed by atoms with E-state index >= 15 is 0 Å². The molecule has 0 spiro atoms. The second-order valence-electron chi connectivity index (χ2n) is 7.62. The van der Waals surface area contributed by atoms with Crippen LogP contribution in [0.1, 0.15) is 13.8 Å². The predicted octanol–water partition coefficient (Wildman–Crippen LogP) is 1.19. The number of ether oxygens (including phenoxy) is 2. The Morgan fingerprint density at radius 1 is 1.13 bits per heavy atom. The lowest BCUT2D eigenvalue weighted by atomic mass is 10.0. The fourth-order valence-corrected chi connectivity index (χ4v) is 3.83. The number of nitrogens with zero attached hydrogens (tertiary/aromatic N) is 2. The molecule has 2 fully saturated rings. The van der Waals surface area contributed by atoms with Crippen LogP contribution in [0, 0.1) is 0 Å². The third-order valence-electron chi connectivity index (χ3n) is 5.03. The molecule has 2 aliphatic rings. The number of amides is 3. The average Bonchev–Trinajstić information content (AvgIpc) is 2.70. The second kappa shape index (κ2) is 9.74. The molecule has 0 aromatic heterocycles. The molecule has 9 nitrogen and oxygen atoms in total. The van der Waals surface area contributed by atoms with Gasteiger partial charge < -0.3 is 25.0 Å². The molecule has 0 radical (unpaired) electrons. The summed E-state index contributed by atoms with van der Waals surface area (Å²) in [5, 5.41) is 5.74. The van der Waals surface area contributed by atoms with Crippen LogP contribution in [0.2, 0.25) is 5.02 Å². The van der Waals surface area contributed by atoms with Gasteiger partial charge in [-0.25, -0.2) is 0 Å². The Morgan fingerprint density at radius 2 is 1.87 bits per heavy atom. The van der Waals surface area contributed by atoms with Gasteiger partial charge in [-0.1, -0.05) is 11.6 Å². The first-order chi connectivity index (χ1) is 14.3. The summed E-state index contributed by atoms with van der Waals surface area (Å²) in [6.45, 7) is 6.67. The van der Waals surface area contributed by atoms with Gasteiger partial charge in [-0.05, 0) is 25.1 Å². The Hall–Kier alpha value is -2.20. The maximum Gasteiger partial charge on any atom is 0.256 e. The zero-order chi connectivity index (χ0) is 21.7. The molecule has 2 saturated heterocycles. The van der Waals surface area contributed by atoms with Crippen molar-refractivity contribution in [2.45, 2.75) is 19.4 Å². The van der Waals surface area contributed by atoms with Gasteiger partial charge in [0.05, 0.1) is 37.1 Å². The van der Waals surface area contributed by atoms with Crippen LogP contribution in [-0.2, 0) is 23.9 Å². The lowest BCUT2D eigenvalue weighted by molar-refractivity contribution is -0.171. The number of anilines is 2. The summed E-state index contributed by atoms with van der Waals surface area (Å²) in [5.41, 5.74) is 0.0142. The summed E-state index contributed by atoms with van der Waals surface area (Å²) in [4.78, 5) is 40.3. The van der Waals surface area contributed by atoms with E-state index in [4.69, 9.17) is 21.1 Å². The lowest BCUT2D eigenvalue weighted by Gasteiger charge is -2.42. The van der Waals surface area contributed by atoms with Crippen LogP contribution in [-0.4, -0.2) is 85.7 Å². The zero-order valence-corrected chi connectivity index (χ0v) is 18.0. The molecule has 0 aliphatic carbocycles. The SMILES string of the molecule is CC(=O)Nc1ccc(NC(=O)CN2CCO[C@](C)(C(=O)N3CCOCC3)C2)c(Cl)c1. The normalized spacial score (nSPS) is 22.4. The van der Waals surface area contributed by atoms with Crippen molar-refractivity contribution < 1.29 is 23.9 Å². The standard InChI is InChI=1S/C20H27ClN4O5/c1-14(26)22-15-3-4-17(16(21)11-15)23-18(27)12-24-5-10-30-20(2,13-24)19(28)25-6-8-29-9-7-25/h3-4,11H,5-10,12-13H2,1-2H3,(H,22,26)(H,23,27)/t20-/m0/s1. The molecule has 2 aliphatic heterocycles. The van der Waals surface area contributed by atoms with Crippen LogP contribution in [0.15, 0.2) is 18.2 Å². The fourth-order valence-electron chi connectivity index (χ4n) is 3.61. The zero-order valence-electron chi connectivity index (χ0n) is 17.2. The van der Waals surface area contributed by atoms with E-state index in [2.05, 4.69) is 10.6 Å². The molecule has 0 unspecified atom stereocenters. The molecule has 3 amide bonds. The Labute approximate surface area is 180 Å². The maximum atomic E-state index is 12.9. The van der Waals surface area contributed by atoms with Gasteiger partial charge >= 0.3 is 0 Å². The number of halogens is 1. The van der Waals surface area contributed by atoms with Gasteiger partial charge in [-0.3, -0.25) is 19.3 Å². The van der Waals surface area contributed by atoms with Crippen molar-refractivity contribution in [2.75, 3.05) is 63.2 Å². The highest BCUT2D eigenvalue weighted by Gasteiger charge is 2.42. The minimum absolute atomic E-state index is 0.0764. The summed E-state index contributed by atoms with van der Waals surface area (Å²) in [6.07, 6.45) is 0. The molecule has 1 atom stereocenters. The van der Waals surface area contributed by atoms with E-state index in [9.17, 15) is 14.4 Å². The highest BCUT2D eigenvalue weighted by molar-refractivity contribution is 6.34. The summed E-state index contributed by atoms with van der Waals surface area (Å²) >= 11 is 6.21. The average molecular weight is 439 g/mol. The Morgan fingerprint density at radius 3 is 2.53 bits per heavy atom. The topological polar surface area (TPSA) is 100 Å². The van der Waals surface area contributed by atoms with Crippen LogP contribution >= 0.6 is 11.6 Å². The van der Waals surface area contributed by atoms with Crippen LogP contribution in [0.3, 0.4) is 0 Å². The van der Waals surface area contributed by atoms with Crippen molar-refractivity contribution in [3.8, 4) is 0 Å². The van der Waals surface area contributed by atoms with Crippen molar-refractivity contribution in [2.24, 2.45) is 0 Å². The number of hydrogen-bond acceptors (Lipinski definition) is 6. The number of carbonyl (C=O) groups excluding carboxylic acids is 3. The molecular weight excluding hydrogens is 412 g/mol. The van der Waals surface area contributed by atoms with Gasteiger partial charge in [-0.15, -0.1) is 0 Å². The summed E-state index contributed by atoms with van der Waals surface area (Å²) in [5.74, 6) is -0.524. The summed E-state index contributed by atoms with van der Waals surface area (Å²) in [7, 11) is 0. The maximum absolute atomic E-state index is 12.9. The smallest absolute Gasteiger partial charge is 0.256 e. The van der Waals surface area contributed by atoms with Crippen LogP contribution in [0.5, 0.6) is 0 Å². The van der Waals surface area contributed by atoms with Gasteiger partial charge in [-0.2, -0.15) is 0 Å². The van der Waals surface area contributed by atoms with E-state index in [0.29, 0.717) is 62.4 Å². The van der Waals surface area contributed by atoms with E-state index in [1.807, 2.05) is 4.90 Å². The molecule has 164 valence electrons. The van der Waals surface area contributed by atoms with Crippen molar-refractivity contribution in [3.63, 3.8) is 0 Å². The quantitative estimate of drug-likeness (QED) is 0.716. The van der Waals surface area contributed by atoms with E-state index in [1.165, 1.54) is 6.92 Å². The first-order valence-corrected chi connectivity index (χ1v) is 10.2. The Balaban J connectivity index is 1.57. The van der Waals surface area contributed by atoms with Crippen LogP contribution in [0.25, 0.3) is 0 Å². The molecule has 1 aromatic rings. The second-order valence-corrected chi connectivity index (χ2v) is 8.03. The third-order valence-corrected chi connectivity index (χ3v) is 5.35. The minimum Gasteiger partial charge on any atom is -0.378 e. The molecule has 10 heteroatoms. The molecule has 1 aromatic carbocycles. The first kappa shape index (κ1) is 22.5. The van der Waals surface area contributed by atoms with Gasteiger partial charge in [0.25, 0.3) is 5.91 Å². The summed E-state index contributed by atoms with van der Waals surface area (Å²) < 4.78 is 11.1. The largest absolute Gasteiger partial charge is 0.378 e. The fraction of sp³-hybridized carbons (Fsp3) is 0.550. The van der Waals surface area contributed by atoms with Crippen molar-refractivity contribution in [1.29, 1.82) is 0 Å². The number of morpholine rings is 2. The number of rotatable bonds is 5. The minimum atomic E-state index is -0.993. The molecule has 2 heterocycles. The van der Waals surface area contributed by atoms with E-state index in [0.717, 1.165) is 0 Å². The molecule has 3 rings (SSSR count). The van der Waals surface area contributed by atoms with Crippen molar-refractivity contribution in [3.05, 3.63) is 23.2 Å². The highest BCUT2D eigenvalue weighted by atomic mass is 35.5. The predicted molar refractivity (Wildman–Crippen MR) is 113 cm³/mol. The highest BCUT2D eigenvalue weighted by Crippen LogP contribution is 2.26. The number of carbonyl (C=O) groups is 3. The van der Waals surface area contributed by atoms with Crippen molar-refractivity contribution >= 4 is 40.7 Å². The Bertz CT molecular complexity index is 814. The molecule has 30 heavy (non-hydrogen) atoms. The van der Waals surface area contributed by atoms with E-state index in [-0.39, 0.29) is 24.3 Å². The first-order valence-electron chi connectivity index (χ1n) is 9.87. The van der Waals surface area contributed by atoms with E-state index in [1.54, 1.807) is 30.0 Å². The third kappa shape index (κ3) is 5.69. The van der Waals surface area contributed by atoms with Crippen molar-refractivity contribution in [1.82, 2.24) is 9.80 Å².